The highest BCUT2D eigenvalue weighted by atomic mass is 79.9. The van der Waals surface area contributed by atoms with Crippen LogP contribution >= 0.6 is 15.9 Å². The summed E-state index contributed by atoms with van der Waals surface area (Å²) in [5.74, 6) is -0.731. The molecule has 0 aliphatic heterocycles. The maximum absolute atomic E-state index is 12.3. The van der Waals surface area contributed by atoms with Crippen LogP contribution in [0.25, 0.3) is 6.08 Å². The van der Waals surface area contributed by atoms with E-state index in [1.54, 1.807) is 49.4 Å². The van der Waals surface area contributed by atoms with Crippen molar-refractivity contribution in [2.24, 2.45) is 0 Å². The van der Waals surface area contributed by atoms with Crippen LogP contribution in [0.4, 0.5) is 0 Å². The molecule has 0 unspecified atom stereocenters. The van der Waals surface area contributed by atoms with E-state index in [-0.39, 0.29) is 23.7 Å². The molecule has 0 aliphatic carbocycles. The minimum atomic E-state index is -0.704. The monoisotopic (exact) mass is 429 g/mol. The molecule has 0 saturated carbocycles. The smallest absolute Gasteiger partial charge is 0.348 e. The van der Waals surface area contributed by atoms with Crippen molar-refractivity contribution in [2.75, 3.05) is 13.7 Å². The van der Waals surface area contributed by atoms with Crippen LogP contribution in [0.1, 0.15) is 22.8 Å². The molecule has 2 aromatic rings. The average Bonchev–Trinajstić information content (AvgIpc) is 2.67. The lowest BCUT2D eigenvalue weighted by Crippen LogP contribution is -2.09. The Kier molecular flexibility index (Phi) is 7.15. The van der Waals surface area contributed by atoms with Crippen molar-refractivity contribution in [1.29, 1.82) is 5.26 Å². The van der Waals surface area contributed by atoms with Gasteiger partial charge in [0.15, 0.2) is 11.5 Å². The van der Waals surface area contributed by atoms with E-state index in [0.717, 1.165) is 4.47 Å². The molecule has 0 radical (unpaired) electrons. The van der Waals surface area contributed by atoms with E-state index in [1.165, 1.54) is 19.3 Å². The molecule has 0 bridgehead atoms. The molecule has 0 aromatic heterocycles. The molecule has 7 heteroatoms. The van der Waals surface area contributed by atoms with Gasteiger partial charge in [-0.1, -0.05) is 22.0 Å². The van der Waals surface area contributed by atoms with Crippen molar-refractivity contribution in [3.05, 3.63) is 63.6 Å². The van der Waals surface area contributed by atoms with Crippen LogP contribution in [0.5, 0.6) is 11.5 Å². The number of ether oxygens (including phenoxy) is 3. The molecule has 0 amide bonds. The predicted molar refractivity (Wildman–Crippen MR) is 102 cm³/mol. The molecule has 0 atom stereocenters. The third kappa shape index (κ3) is 5.43. The maximum atomic E-state index is 12.3. The van der Waals surface area contributed by atoms with Gasteiger partial charge in [0.1, 0.15) is 11.6 Å². The van der Waals surface area contributed by atoms with E-state index in [2.05, 4.69) is 15.9 Å². The standard InChI is InChI=1S/C20H16BrNO5/c1-3-26-19(23)15(12-22)10-13-4-9-17(18(11-13)25-2)27-20(24)14-5-7-16(21)8-6-14/h4-11H,3H2,1-2H3. The van der Waals surface area contributed by atoms with Gasteiger partial charge in [-0.05, 0) is 55.0 Å². The van der Waals surface area contributed by atoms with E-state index < -0.39 is 11.9 Å². The van der Waals surface area contributed by atoms with Gasteiger partial charge < -0.3 is 14.2 Å². The van der Waals surface area contributed by atoms with Crippen LogP contribution in [0.15, 0.2) is 52.5 Å². The summed E-state index contributed by atoms with van der Waals surface area (Å²) in [6.07, 6.45) is 1.38. The Labute approximate surface area is 165 Å². The second-order valence-electron chi connectivity index (χ2n) is 5.20. The minimum absolute atomic E-state index is 0.140. The highest BCUT2D eigenvalue weighted by Gasteiger charge is 2.14. The number of hydrogen-bond acceptors (Lipinski definition) is 6. The van der Waals surface area contributed by atoms with Gasteiger partial charge in [0.05, 0.1) is 19.3 Å². The first-order chi connectivity index (χ1) is 13.0. The molecule has 2 rings (SSSR count). The molecule has 0 aliphatic rings. The highest BCUT2D eigenvalue weighted by Crippen LogP contribution is 2.30. The van der Waals surface area contributed by atoms with Crippen molar-refractivity contribution < 1.29 is 23.8 Å². The summed E-state index contributed by atoms with van der Waals surface area (Å²) in [6.45, 7) is 1.83. The zero-order valence-electron chi connectivity index (χ0n) is 14.7. The lowest BCUT2D eigenvalue weighted by Gasteiger charge is -2.10. The summed E-state index contributed by atoms with van der Waals surface area (Å²) in [4.78, 5) is 24.0. The van der Waals surface area contributed by atoms with Crippen LogP contribution in [-0.2, 0) is 9.53 Å². The Balaban J connectivity index is 2.25. The summed E-state index contributed by atoms with van der Waals surface area (Å²) < 4.78 is 16.3. The van der Waals surface area contributed by atoms with E-state index in [1.807, 2.05) is 0 Å². The van der Waals surface area contributed by atoms with Crippen LogP contribution in [-0.4, -0.2) is 25.7 Å². The Morgan fingerprint density at radius 1 is 1.15 bits per heavy atom. The molecule has 2 aromatic carbocycles. The second-order valence-corrected chi connectivity index (χ2v) is 6.11. The van der Waals surface area contributed by atoms with Gasteiger partial charge in [-0.2, -0.15) is 5.26 Å². The van der Waals surface area contributed by atoms with Crippen LogP contribution in [0.2, 0.25) is 0 Å². The van der Waals surface area contributed by atoms with Crippen molar-refractivity contribution in [3.63, 3.8) is 0 Å². The molecule has 0 fully saturated rings. The van der Waals surface area contributed by atoms with Gasteiger partial charge in [0, 0.05) is 4.47 Å². The van der Waals surface area contributed by atoms with Crippen molar-refractivity contribution >= 4 is 33.9 Å². The number of carbonyl (C=O) groups is 2. The number of halogens is 1. The normalized spacial score (nSPS) is 10.7. The molecule has 0 saturated heterocycles. The quantitative estimate of drug-likeness (QED) is 0.296. The van der Waals surface area contributed by atoms with E-state index >= 15 is 0 Å². The number of nitriles is 1. The largest absolute Gasteiger partial charge is 0.493 e. The third-order valence-corrected chi connectivity index (χ3v) is 3.93. The molecule has 6 nitrogen and oxygen atoms in total. The van der Waals surface area contributed by atoms with Gasteiger partial charge in [0.2, 0.25) is 0 Å². The van der Waals surface area contributed by atoms with Crippen molar-refractivity contribution in [1.82, 2.24) is 0 Å². The van der Waals surface area contributed by atoms with E-state index in [4.69, 9.17) is 19.5 Å². The molecular weight excluding hydrogens is 414 g/mol. The van der Waals surface area contributed by atoms with Crippen molar-refractivity contribution in [2.45, 2.75) is 6.92 Å². The number of rotatable bonds is 6. The molecule has 0 spiro atoms. The molecular formula is C20H16BrNO5. The summed E-state index contributed by atoms with van der Waals surface area (Å²) in [5, 5.41) is 9.11. The zero-order chi connectivity index (χ0) is 19.8. The van der Waals surface area contributed by atoms with E-state index in [9.17, 15) is 9.59 Å². The van der Waals surface area contributed by atoms with Crippen LogP contribution < -0.4 is 9.47 Å². The predicted octanol–water partition coefficient (Wildman–Crippen LogP) is 4.15. The fourth-order valence-electron chi connectivity index (χ4n) is 2.12. The fraction of sp³-hybridized carbons (Fsp3) is 0.150. The van der Waals surface area contributed by atoms with Gasteiger partial charge >= 0.3 is 11.9 Å². The Hall–Kier alpha value is -3.11. The molecule has 138 valence electrons. The van der Waals surface area contributed by atoms with Gasteiger partial charge in [-0.25, -0.2) is 9.59 Å². The second kappa shape index (κ2) is 9.55. The first-order valence-corrected chi connectivity index (χ1v) is 8.72. The first kappa shape index (κ1) is 20.2. The van der Waals surface area contributed by atoms with Gasteiger partial charge in [-0.3, -0.25) is 0 Å². The summed E-state index contributed by atoms with van der Waals surface area (Å²) >= 11 is 3.30. The molecule has 27 heavy (non-hydrogen) atoms. The maximum Gasteiger partial charge on any atom is 0.348 e. The number of benzene rings is 2. The Morgan fingerprint density at radius 3 is 2.44 bits per heavy atom. The van der Waals surface area contributed by atoms with Gasteiger partial charge in [-0.15, -0.1) is 0 Å². The zero-order valence-corrected chi connectivity index (χ0v) is 16.3. The Bertz CT molecular complexity index is 913. The lowest BCUT2D eigenvalue weighted by molar-refractivity contribution is -0.137. The molecule has 0 heterocycles. The summed E-state index contributed by atoms with van der Waals surface area (Å²) in [7, 11) is 1.43. The first-order valence-electron chi connectivity index (χ1n) is 7.93. The average molecular weight is 430 g/mol. The van der Waals surface area contributed by atoms with Crippen molar-refractivity contribution in [3.8, 4) is 17.6 Å². The van der Waals surface area contributed by atoms with Crippen LogP contribution in [0, 0.1) is 11.3 Å². The summed E-state index contributed by atoms with van der Waals surface area (Å²) in [5.41, 5.74) is 0.775. The Morgan fingerprint density at radius 2 is 1.85 bits per heavy atom. The third-order valence-electron chi connectivity index (χ3n) is 3.40. The SMILES string of the molecule is CCOC(=O)C(C#N)=Cc1ccc(OC(=O)c2ccc(Br)cc2)c(OC)c1. The number of esters is 2. The van der Waals surface area contributed by atoms with Crippen LogP contribution in [0.3, 0.4) is 0 Å². The fourth-order valence-corrected chi connectivity index (χ4v) is 2.38. The highest BCUT2D eigenvalue weighted by molar-refractivity contribution is 9.10. The van der Waals surface area contributed by atoms with Gasteiger partial charge in [0.25, 0.3) is 0 Å². The number of hydrogen-bond donors (Lipinski definition) is 0. The number of carbonyl (C=O) groups excluding carboxylic acids is 2. The lowest BCUT2D eigenvalue weighted by atomic mass is 10.1. The minimum Gasteiger partial charge on any atom is -0.493 e. The molecule has 0 N–H and O–H groups in total. The summed E-state index contributed by atoms with van der Waals surface area (Å²) in [6, 6.07) is 13.2. The number of nitrogens with zero attached hydrogens (tertiary/aromatic N) is 1. The topological polar surface area (TPSA) is 85.6 Å². The number of methoxy groups -OCH3 is 1. The van der Waals surface area contributed by atoms with E-state index in [0.29, 0.717) is 11.1 Å².